The Morgan fingerprint density at radius 1 is 0.950 bits per heavy atom. The van der Waals surface area contributed by atoms with E-state index in [2.05, 4.69) is 4.99 Å². The highest BCUT2D eigenvalue weighted by Crippen LogP contribution is 2.37. The molecule has 1 aliphatic heterocycles. The van der Waals surface area contributed by atoms with Crippen LogP contribution in [-0.4, -0.2) is 48.9 Å². The van der Waals surface area contributed by atoms with E-state index >= 15 is 0 Å². The van der Waals surface area contributed by atoms with Gasteiger partial charge in [-0.25, -0.2) is 4.99 Å². The van der Waals surface area contributed by atoms with Gasteiger partial charge in [0.1, 0.15) is 5.70 Å². The van der Waals surface area contributed by atoms with E-state index in [9.17, 15) is 22.8 Å². The van der Waals surface area contributed by atoms with Crippen molar-refractivity contribution in [3.8, 4) is 0 Å². The molecule has 0 aliphatic carbocycles. The van der Waals surface area contributed by atoms with Gasteiger partial charge < -0.3 is 15.4 Å². The van der Waals surface area contributed by atoms with Gasteiger partial charge in [0.25, 0.3) is 5.91 Å². The molecular formula is C29H24Cl2F3N3O3. The molecule has 1 amide bonds. The normalized spacial score (nSPS) is 18.1. The van der Waals surface area contributed by atoms with Crippen molar-refractivity contribution >= 4 is 46.5 Å². The van der Waals surface area contributed by atoms with Gasteiger partial charge in [0.15, 0.2) is 0 Å². The summed E-state index contributed by atoms with van der Waals surface area (Å²) in [6.07, 6.45) is -4.04. The van der Waals surface area contributed by atoms with Gasteiger partial charge in [0, 0.05) is 35.2 Å². The number of allylic oxidation sites excluding steroid dienone is 2. The number of rotatable bonds is 6. The van der Waals surface area contributed by atoms with Gasteiger partial charge in [0.05, 0.1) is 29.4 Å². The maximum atomic E-state index is 13.4. The van der Waals surface area contributed by atoms with Gasteiger partial charge in [-0.3, -0.25) is 9.59 Å². The van der Waals surface area contributed by atoms with Crippen molar-refractivity contribution in [3.05, 3.63) is 111 Å². The Balaban J connectivity index is 1.64. The highest BCUT2D eigenvalue weighted by atomic mass is 35.5. The quantitative estimate of drug-likeness (QED) is 0.261. The van der Waals surface area contributed by atoms with Crippen LogP contribution in [0.2, 0.25) is 10.0 Å². The molecule has 40 heavy (non-hydrogen) atoms. The zero-order valence-electron chi connectivity index (χ0n) is 21.2. The summed E-state index contributed by atoms with van der Waals surface area (Å²) >= 11 is 12.5. The van der Waals surface area contributed by atoms with Crippen molar-refractivity contribution < 1.29 is 27.5 Å². The molecule has 11 heteroatoms. The van der Waals surface area contributed by atoms with Crippen LogP contribution in [0.15, 0.2) is 89.6 Å². The van der Waals surface area contributed by atoms with Gasteiger partial charge in [-0.05, 0) is 42.0 Å². The van der Waals surface area contributed by atoms with Crippen LogP contribution in [0.3, 0.4) is 0 Å². The first kappa shape index (κ1) is 29.2. The summed E-state index contributed by atoms with van der Waals surface area (Å²) in [6, 6.07) is 19.4. The van der Waals surface area contributed by atoms with Crippen molar-refractivity contribution in [1.82, 2.24) is 4.90 Å². The van der Waals surface area contributed by atoms with Crippen LogP contribution in [0, 0.1) is 5.92 Å². The minimum Gasteiger partial charge on any atom is -0.469 e. The minimum absolute atomic E-state index is 0.0902. The zero-order chi connectivity index (χ0) is 29.0. The average molecular weight is 590 g/mol. The molecule has 0 spiro atoms. The first-order chi connectivity index (χ1) is 19.0. The van der Waals surface area contributed by atoms with E-state index in [1.165, 1.54) is 36.3 Å². The molecule has 0 radical (unpaired) electrons. The Bertz CT molecular complexity index is 1470. The maximum absolute atomic E-state index is 13.4. The van der Waals surface area contributed by atoms with E-state index in [1.54, 1.807) is 42.5 Å². The smallest absolute Gasteiger partial charge is 0.430 e. The van der Waals surface area contributed by atoms with E-state index in [1.807, 2.05) is 6.07 Å². The first-order valence-electron chi connectivity index (χ1n) is 12.1. The summed E-state index contributed by atoms with van der Waals surface area (Å²) in [4.78, 5) is 31.8. The number of aliphatic imine (C=N–C) groups is 1. The topological polar surface area (TPSA) is 85.0 Å². The van der Waals surface area contributed by atoms with E-state index in [4.69, 9.17) is 33.7 Å². The molecule has 3 aromatic carbocycles. The van der Waals surface area contributed by atoms with Crippen molar-refractivity contribution in [2.24, 2.45) is 16.6 Å². The van der Waals surface area contributed by atoms with Gasteiger partial charge in [0.2, 0.25) is 0 Å². The molecule has 0 saturated carbocycles. The summed E-state index contributed by atoms with van der Waals surface area (Å²) < 4.78 is 44.6. The second kappa shape index (κ2) is 12.1. The highest BCUT2D eigenvalue weighted by Gasteiger charge is 2.42. The lowest BCUT2D eigenvalue weighted by atomic mass is 9.89. The van der Waals surface area contributed by atoms with Crippen molar-refractivity contribution in [3.63, 3.8) is 0 Å². The third-order valence-corrected chi connectivity index (χ3v) is 7.22. The van der Waals surface area contributed by atoms with Crippen LogP contribution >= 0.6 is 23.2 Å². The minimum atomic E-state index is -4.76. The van der Waals surface area contributed by atoms with Crippen LogP contribution < -0.4 is 5.73 Å². The third kappa shape index (κ3) is 6.48. The number of halogens is 5. The lowest BCUT2D eigenvalue weighted by molar-refractivity contribution is -0.145. The van der Waals surface area contributed by atoms with Crippen LogP contribution in [0.25, 0.3) is 0 Å². The van der Waals surface area contributed by atoms with Crippen molar-refractivity contribution in [2.45, 2.75) is 12.1 Å². The molecule has 3 aromatic rings. The predicted molar refractivity (Wildman–Crippen MR) is 148 cm³/mol. The maximum Gasteiger partial charge on any atom is 0.430 e. The molecule has 2 atom stereocenters. The fourth-order valence-electron chi connectivity index (χ4n) is 4.50. The number of carbonyl (C=O) groups is 2. The number of hydrogen-bond donors (Lipinski definition) is 1. The molecule has 6 nitrogen and oxygen atoms in total. The van der Waals surface area contributed by atoms with Crippen LogP contribution in [-0.2, 0) is 9.53 Å². The summed E-state index contributed by atoms with van der Waals surface area (Å²) in [7, 11) is 1.29. The lowest BCUT2D eigenvalue weighted by Gasteiger charge is -2.18. The number of para-hydroxylation sites is 1. The van der Waals surface area contributed by atoms with Gasteiger partial charge in [-0.2, -0.15) is 13.2 Å². The fourth-order valence-corrected chi connectivity index (χ4v) is 4.95. The Kier molecular flexibility index (Phi) is 8.85. The van der Waals surface area contributed by atoms with Crippen molar-refractivity contribution in [1.29, 1.82) is 0 Å². The summed E-state index contributed by atoms with van der Waals surface area (Å²) in [5.41, 5.74) is 5.39. The summed E-state index contributed by atoms with van der Waals surface area (Å²) in [5, 5.41) is 0.727. The number of nitrogens with zero attached hydrogens (tertiary/aromatic N) is 2. The number of likely N-dealkylation sites (tertiary alicyclic amines) is 1. The van der Waals surface area contributed by atoms with Crippen molar-refractivity contribution in [2.75, 3.05) is 20.2 Å². The standard InChI is InChI=1S/C29H24Cl2F3N3O3/c1-40-28(39)21-16-37(15-20(21)19-6-2-3-7-22(19)30)27(38)18-12-10-17(11-13-18)25(14-26(35)29(32,33)34)36-24-9-5-4-8-23(24)31/h2-14,20-21H,15-16,35H2,1H3/t20-,21+/m0/s1. The number of nitrogens with two attached hydrogens (primary N) is 1. The molecule has 0 aromatic heterocycles. The number of hydrogen-bond acceptors (Lipinski definition) is 5. The van der Waals surface area contributed by atoms with E-state index in [0.717, 1.165) is 11.6 Å². The molecule has 0 unspecified atom stereocenters. The zero-order valence-corrected chi connectivity index (χ0v) is 22.7. The second-order valence-electron chi connectivity index (χ2n) is 9.09. The second-order valence-corrected chi connectivity index (χ2v) is 9.91. The molecule has 1 heterocycles. The Morgan fingerprint density at radius 2 is 1.55 bits per heavy atom. The molecule has 1 aliphatic rings. The van der Waals surface area contributed by atoms with E-state index < -0.39 is 23.8 Å². The largest absolute Gasteiger partial charge is 0.469 e. The molecule has 2 N–H and O–H groups in total. The number of benzene rings is 3. The molecule has 1 saturated heterocycles. The van der Waals surface area contributed by atoms with E-state index in [-0.39, 0.29) is 52.5 Å². The Hall–Kier alpha value is -3.82. The van der Waals surface area contributed by atoms with Crippen LogP contribution in [0.4, 0.5) is 18.9 Å². The molecular weight excluding hydrogens is 566 g/mol. The SMILES string of the molecule is COC(=O)[C@@H]1CN(C(=O)c2ccc(C(C=C(N)C(F)(F)F)=Nc3ccccc3Cl)cc2)C[C@H]1c1ccccc1Cl. The van der Waals surface area contributed by atoms with E-state index in [0.29, 0.717) is 5.02 Å². The van der Waals surface area contributed by atoms with Gasteiger partial charge in [-0.15, -0.1) is 0 Å². The number of carbonyl (C=O) groups excluding carboxylic acids is 2. The summed E-state index contributed by atoms with van der Waals surface area (Å²) in [6.45, 7) is 0.349. The lowest BCUT2D eigenvalue weighted by Crippen LogP contribution is -2.30. The monoisotopic (exact) mass is 589 g/mol. The van der Waals surface area contributed by atoms with Gasteiger partial charge >= 0.3 is 12.1 Å². The third-order valence-electron chi connectivity index (χ3n) is 6.56. The first-order valence-corrected chi connectivity index (χ1v) is 12.8. The van der Waals surface area contributed by atoms with Crippen LogP contribution in [0.1, 0.15) is 27.4 Å². The fraction of sp³-hybridized carbons (Fsp3) is 0.207. The molecule has 1 fully saturated rings. The number of ether oxygens (including phenoxy) is 1. The number of amides is 1. The Morgan fingerprint density at radius 3 is 2.15 bits per heavy atom. The predicted octanol–water partition coefficient (Wildman–Crippen LogP) is 6.55. The Labute approximate surface area is 238 Å². The highest BCUT2D eigenvalue weighted by molar-refractivity contribution is 6.33. The number of methoxy groups -OCH3 is 1. The number of alkyl halides is 3. The molecule has 4 rings (SSSR count). The molecule has 0 bridgehead atoms. The summed E-state index contributed by atoms with van der Waals surface area (Å²) in [5.74, 6) is -1.79. The van der Waals surface area contributed by atoms with Gasteiger partial charge in [-0.1, -0.05) is 65.7 Å². The number of esters is 1. The van der Waals surface area contributed by atoms with Crippen LogP contribution in [0.5, 0.6) is 0 Å². The average Bonchev–Trinajstić information content (AvgIpc) is 3.38. The molecule has 208 valence electrons.